The fourth-order valence-electron chi connectivity index (χ4n) is 2.86. The Balaban J connectivity index is 0.00000288. The number of rotatable bonds is 6. The van der Waals surface area contributed by atoms with E-state index in [-0.39, 0.29) is 30.1 Å². The standard InChI is InChI=1S/C18H28ClN3O.HI/c1-2-20-18(22-16-9-11-17(23)12-10-16)21-13-3-4-14-5-7-15(19)8-6-14;/h5-8,16-17,23H,2-4,9-13H2,1H3,(H2,20,21,22);1H. The van der Waals surface area contributed by atoms with Gasteiger partial charge in [0.1, 0.15) is 0 Å². The average Bonchev–Trinajstić information content (AvgIpc) is 2.55. The van der Waals surface area contributed by atoms with E-state index in [1.54, 1.807) is 0 Å². The molecule has 0 saturated heterocycles. The lowest BCUT2D eigenvalue weighted by Gasteiger charge is -2.27. The molecule has 0 aliphatic heterocycles. The molecule has 136 valence electrons. The average molecular weight is 466 g/mol. The van der Waals surface area contributed by atoms with Gasteiger partial charge in [-0.25, -0.2) is 0 Å². The van der Waals surface area contributed by atoms with Gasteiger partial charge >= 0.3 is 0 Å². The molecule has 0 bridgehead atoms. The number of aliphatic hydroxyl groups is 1. The molecule has 6 heteroatoms. The van der Waals surface area contributed by atoms with E-state index in [1.807, 2.05) is 12.1 Å². The molecule has 1 aliphatic rings. The van der Waals surface area contributed by atoms with Crippen LogP contribution in [-0.4, -0.2) is 36.3 Å². The van der Waals surface area contributed by atoms with Crippen molar-refractivity contribution >= 4 is 41.5 Å². The summed E-state index contributed by atoms with van der Waals surface area (Å²) in [4.78, 5) is 4.67. The van der Waals surface area contributed by atoms with E-state index >= 15 is 0 Å². The summed E-state index contributed by atoms with van der Waals surface area (Å²) < 4.78 is 0. The molecule has 1 aromatic carbocycles. The number of aliphatic hydroxyl groups excluding tert-OH is 1. The molecule has 1 fully saturated rings. The quantitative estimate of drug-likeness (QED) is 0.260. The van der Waals surface area contributed by atoms with E-state index in [4.69, 9.17) is 11.6 Å². The molecule has 2 rings (SSSR count). The SMILES string of the molecule is CCNC(=NCCCc1ccc(Cl)cc1)NC1CCC(O)CC1.I. The van der Waals surface area contributed by atoms with Gasteiger partial charge in [0.15, 0.2) is 5.96 Å². The summed E-state index contributed by atoms with van der Waals surface area (Å²) in [5.74, 6) is 0.894. The third-order valence-corrected chi connectivity index (χ3v) is 4.44. The predicted octanol–water partition coefficient (Wildman–Crippen LogP) is 3.75. The van der Waals surface area contributed by atoms with Crippen molar-refractivity contribution in [3.63, 3.8) is 0 Å². The Hall–Kier alpha value is -0.530. The van der Waals surface area contributed by atoms with Gasteiger partial charge < -0.3 is 15.7 Å². The van der Waals surface area contributed by atoms with E-state index in [0.29, 0.717) is 6.04 Å². The highest BCUT2D eigenvalue weighted by Crippen LogP contribution is 2.18. The van der Waals surface area contributed by atoms with Crippen LogP contribution in [0.15, 0.2) is 29.3 Å². The van der Waals surface area contributed by atoms with Gasteiger partial charge in [0.2, 0.25) is 0 Å². The first-order valence-corrected chi connectivity index (χ1v) is 9.02. The van der Waals surface area contributed by atoms with Crippen LogP contribution in [0.5, 0.6) is 0 Å². The van der Waals surface area contributed by atoms with E-state index < -0.39 is 0 Å². The fourth-order valence-corrected chi connectivity index (χ4v) is 2.98. The van der Waals surface area contributed by atoms with Crippen LogP contribution in [0.3, 0.4) is 0 Å². The summed E-state index contributed by atoms with van der Waals surface area (Å²) in [7, 11) is 0. The maximum absolute atomic E-state index is 9.58. The number of nitrogens with one attached hydrogen (secondary N) is 2. The number of guanidine groups is 1. The first-order valence-electron chi connectivity index (χ1n) is 8.64. The minimum Gasteiger partial charge on any atom is -0.393 e. The maximum Gasteiger partial charge on any atom is 0.191 e. The minimum atomic E-state index is -0.119. The molecule has 0 heterocycles. The van der Waals surface area contributed by atoms with E-state index in [1.165, 1.54) is 5.56 Å². The summed E-state index contributed by atoms with van der Waals surface area (Å²) in [5.41, 5.74) is 1.30. The Labute approximate surface area is 167 Å². The molecule has 4 nitrogen and oxygen atoms in total. The number of halogens is 2. The highest BCUT2D eigenvalue weighted by Gasteiger charge is 2.19. The van der Waals surface area contributed by atoms with Crippen LogP contribution in [0.25, 0.3) is 0 Å². The zero-order valence-corrected chi connectivity index (χ0v) is 17.4. The van der Waals surface area contributed by atoms with Gasteiger partial charge in [-0.1, -0.05) is 23.7 Å². The van der Waals surface area contributed by atoms with Crippen molar-refractivity contribution in [2.24, 2.45) is 4.99 Å². The molecule has 0 aromatic heterocycles. The van der Waals surface area contributed by atoms with Crippen molar-refractivity contribution in [3.8, 4) is 0 Å². The second kappa shape index (κ2) is 11.9. The lowest BCUT2D eigenvalue weighted by Crippen LogP contribution is -2.45. The lowest BCUT2D eigenvalue weighted by molar-refractivity contribution is 0.120. The second-order valence-corrected chi connectivity index (χ2v) is 6.58. The Morgan fingerprint density at radius 1 is 1.21 bits per heavy atom. The monoisotopic (exact) mass is 465 g/mol. The van der Waals surface area contributed by atoms with Crippen molar-refractivity contribution in [1.82, 2.24) is 10.6 Å². The third-order valence-electron chi connectivity index (χ3n) is 4.19. The Morgan fingerprint density at radius 2 is 1.88 bits per heavy atom. The zero-order chi connectivity index (χ0) is 16.5. The Kier molecular flexibility index (Phi) is 10.7. The van der Waals surface area contributed by atoms with Crippen LogP contribution in [0, 0.1) is 0 Å². The second-order valence-electron chi connectivity index (χ2n) is 6.14. The molecule has 0 unspecified atom stereocenters. The summed E-state index contributed by atoms with van der Waals surface area (Å²) in [6.07, 6.45) is 5.69. The number of aliphatic imine (C=N–C) groups is 1. The molecule has 1 aliphatic carbocycles. The van der Waals surface area contributed by atoms with Crippen LogP contribution in [0.4, 0.5) is 0 Å². The molecular formula is C18H29ClIN3O. The number of hydrogen-bond acceptors (Lipinski definition) is 2. The number of hydrogen-bond donors (Lipinski definition) is 3. The number of benzene rings is 1. The van der Waals surface area contributed by atoms with Gasteiger partial charge in [-0.3, -0.25) is 4.99 Å². The van der Waals surface area contributed by atoms with Crippen LogP contribution in [-0.2, 0) is 6.42 Å². The van der Waals surface area contributed by atoms with Crippen LogP contribution >= 0.6 is 35.6 Å². The van der Waals surface area contributed by atoms with Gasteiger partial charge in [-0.15, -0.1) is 24.0 Å². The summed E-state index contributed by atoms with van der Waals surface area (Å²) in [6.45, 7) is 3.74. The highest BCUT2D eigenvalue weighted by atomic mass is 127. The van der Waals surface area contributed by atoms with E-state index in [2.05, 4.69) is 34.7 Å². The molecular weight excluding hydrogens is 437 g/mol. The minimum absolute atomic E-state index is 0. The molecule has 0 amide bonds. The summed E-state index contributed by atoms with van der Waals surface area (Å²) in [5, 5.41) is 17.2. The van der Waals surface area contributed by atoms with Crippen molar-refractivity contribution < 1.29 is 5.11 Å². The first-order chi connectivity index (χ1) is 11.2. The van der Waals surface area contributed by atoms with E-state index in [9.17, 15) is 5.11 Å². The van der Waals surface area contributed by atoms with Gasteiger partial charge in [0.05, 0.1) is 6.10 Å². The first kappa shape index (κ1) is 21.5. The summed E-state index contributed by atoms with van der Waals surface area (Å²) in [6, 6.07) is 8.44. The molecule has 0 radical (unpaired) electrons. The van der Waals surface area contributed by atoms with Gasteiger partial charge in [-0.05, 0) is 63.1 Å². The molecule has 24 heavy (non-hydrogen) atoms. The van der Waals surface area contributed by atoms with E-state index in [0.717, 1.165) is 62.6 Å². The van der Waals surface area contributed by atoms with Crippen molar-refractivity contribution in [1.29, 1.82) is 0 Å². The van der Waals surface area contributed by atoms with Crippen LogP contribution in [0.1, 0.15) is 44.6 Å². The molecule has 1 aromatic rings. The van der Waals surface area contributed by atoms with Gasteiger partial charge in [0.25, 0.3) is 0 Å². The molecule has 3 N–H and O–H groups in total. The highest BCUT2D eigenvalue weighted by molar-refractivity contribution is 14.0. The van der Waals surface area contributed by atoms with Crippen molar-refractivity contribution in [2.45, 2.75) is 57.6 Å². The topological polar surface area (TPSA) is 56.7 Å². The van der Waals surface area contributed by atoms with Crippen molar-refractivity contribution in [2.75, 3.05) is 13.1 Å². The number of nitrogens with zero attached hydrogens (tertiary/aromatic N) is 1. The van der Waals surface area contributed by atoms with Crippen molar-refractivity contribution in [3.05, 3.63) is 34.9 Å². The zero-order valence-electron chi connectivity index (χ0n) is 14.3. The molecule has 0 atom stereocenters. The van der Waals surface area contributed by atoms with Crippen LogP contribution in [0.2, 0.25) is 5.02 Å². The van der Waals surface area contributed by atoms with Gasteiger partial charge in [-0.2, -0.15) is 0 Å². The smallest absolute Gasteiger partial charge is 0.191 e. The third kappa shape index (κ3) is 8.03. The fraction of sp³-hybridized carbons (Fsp3) is 0.611. The molecule has 1 saturated carbocycles. The normalized spacial score (nSPS) is 21.0. The van der Waals surface area contributed by atoms with Gasteiger partial charge in [0, 0.05) is 24.2 Å². The summed E-state index contributed by atoms with van der Waals surface area (Å²) >= 11 is 5.90. The lowest BCUT2D eigenvalue weighted by atomic mass is 9.93. The Morgan fingerprint density at radius 3 is 2.50 bits per heavy atom. The number of aryl methyl sites for hydroxylation is 1. The predicted molar refractivity (Wildman–Crippen MR) is 113 cm³/mol. The Bertz CT molecular complexity index is 488. The maximum atomic E-state index is 9.58. The van der Waals surface area contributed by atoms with Crippen LogP contribution < -0.4 is 10.6 Å². The molecule has 0 spiro atoms. The largest absolute Gasteiger partial charge is 0.393 e.